The molecule has 4 heteroatoms. The second kappa shape index (κ2) is 12.3. The number of nitrogens with one attached hydrogen (secondary N) is 1. The summed E-state index contributed by atoms with van der Waals surface area (Å²) < 4.78 is 6.57. The topological polar surface area (TPSA) is 49.9 Å². The highest BCUT2D eigenvalue weighted by atomic mass is 16.3. The molecule has 232 valence electrons. The Bertz CT molecular complexity index is 2480. The minimum Gasteiger partial charge on any atom is -0.455 e. The first-order valence-electron chi connectivity index (χ1n) is 16.5. The van der Waals surface area contributed by atoms with Crippen molar-refractivity contribution in [2.45, 2.75) is 6.17 Å². The Morgan fingerprint density at radius 2 is 0.898 bits per heavy atom. The molecule has 0 fully saturated rings. The van der Waals surface area contributed by atoms with E-state index in [2.05, 4.69) is 139 Å². The minimum absolute atomic E-state index is 0.428. The second-order valence-corrected chi connectivity index (χ2v) is 12.2. The molecule has 0 radical (unpaired) electrons. The summed E-state index contributed by atoms with van der Waals surface area (Å²) >= 11 is 0. The van der Waals surface area contributed by atoms with Crippen LogP contribution in [0.4, 0.5) is 0 Å². The lowest BCUT2D eigenvalue weighted by Gasteiger charge is -2.23. The average Bonchev–Trinajstić information content (AvgIpc) is 3.58. The van der Waals surface area contributed by atoms with Gasteiger partial charge in [0.05, 0.1) is 0 Å². The number of aliphatic imine (C=N–C) groups is 2. The number of benzene rings is 7. The summed E-state index contributed by atoms with van der Waals surface area (Å²) in [5, 5.41) is 5.69. The standard InChI is InChI=1S/C45H31N3O/c1-4-12-30(13-5-1)31-20-22-32(23-21-31)33-24-26-36(27-25-33)44-46-43(35-16-8-3-9-17-35)47-45(48-44)39-29-28-37(34-14-6-2-7-15-34)42-41(39)38-18-10-11-19-40(38)49-42/h1-29,44H,(H,46,47,48). The van der Waals surface area contributed by atoms with Gasteiger partial charge in [-0.25, -0.2) is 9.98 Å². The number of hydrogen-bond donors (Lipinski definition) is 1. The first-order chi connectivity index (χ1) is 24.3. The van der Waals surface area contributed by atoms with Gasteiger partial charge in [-0.3, -0.25) is 0 Å². The molecule has 0 bridgehead atoms. The predicted molar refractivity (Wildman–Crippen MR) is 202 cm³/mol. The molecule has 1 atom stereocenters. The lowest BCUT2D eigenvalue weighted by Crippen LogP contribution is -2.36. The van der Waals surface area contributed by atoms with Crippen molar-refractivity contribution in [2.75, 3.05) is 0 Å². The van der Waals surface area contributed by atoms with Gasteiger partial charge in [0.1, 0.15) is 22.8 Å². The molecule has 1 aliphatic rings. The first kappa shape index (κ1) is 28.7. The minimum atomic E-state index is -0.428. The molecule has 49 heavy (non-hydrogen) atoms. The van der Waals surface area contributed by atoms with Crippen molar-refractivity contribution in [3.8, 4) is 33.4 Å². The maximum absolute atomic E-state index is 6.57. The van der Waals surface area contributed by atoms with Crippen LogP contribution in [0.2, 0.25) is 0 Å². The Kier molecular flexibility index (Phi) is 7.17. The van der Waals surface area contributed by atoms with Crippen LogP contribution in [0.3, 0.4) is 0 Å². The van der Waals surface area contributed by atoms with Gasteiger partial charge in [0, 0.05) is 27.5 Å². The quantitative estimate of drug-likeness (QED) is 0.199. The largest absolute Gasteiger partial charge is 0.455 e. The van der Waals surface area contributed by atoms with Gasteiger partial charge in [-0.05, 0) is 51.6 Å². The third-order valence-electron chi connectivity index (χ3n) is 9.19. The summed E-state index contributed by atoms with van der Waals surface area (Å²) in [6, 6.07) is 61.0. The summed E-state index contributed by atoms with van der Waals surface area (Å²) in [5.41, 5.74) is 11.6. The molecular formula is C45H31N3O. The van der Waals surface area contributed by atoms with Crippen LogP contribution in [0.25, 0.3) is 55.3 Å². The van der Waals surface area contributed by atoms with Crippen molar-refractivity contribution >= 4 is 33.6 Å². The molecule has 0 amide bonds. The number of hydrogen-bond acceptors (Lipinski definition) is 4. The monoisotopic (exact) mass is 629 g/mol. The van der Waals surface area contributed by atoms with Crippen LogP contribution in [0.1, 0.15) is 22.9 Å². The van der Waals surface area contributed by atoms with Crippen LogP contribution in [0, 0.1) is 0 Å². The zero-order valence-corrected chi connectivity index (χ0v) is 26.6. The van der Waals surface area contributed by atoms with Crippen molar-refractivity contribution in [1.29, 1.82) is 0 Å². The molecule has 0 saturated heterocycles. The van der Waals surface area contributed by atoms with E-state index in [1.165, 1.54) is 16.7 Å². The summed E-state index contributed by atoms with van der Waals surface area (Å²) in [6.07, 6.45) is -0.428. The van der Waals surface area contributed by atoms with Crippen LogP contribution in [-0.2, 0) is 0 Å². The van der Waals surface area contributed by atoms with E-state index in [9.17, 15) is 0 Å². The Morgan fingerprint density at radius 3 is 1.55 bits per heavy atom. The summed E-state index contributed by atoms with van der Waals surface area (Å²) in [5.74, 6) is 1.54. The summed E-state index contributed by atoms with van der Waals surface area (Å²) in [6.45, 7) is 0. The molecule has 0 aliphatic carbocycles. The maximum Gasteiger partial charge on any atom is 0.169 e. The van der Waals surface area contributed by atoms with E-state index >= 15 is 0 Å². The third-order valence-corrected chi connectivity index (χ3v) is 9.19. The molecule has 0 saturated carbocycles. The van der Waals surface area contributed by atoms with Gasteiger partial charge < -0.3 is 9.73 Å². The smallest absolute Gasteiger partial charge is 0.169 e. The number of nitrogens with zero attached hydrogens (tertiary/aromatic N) is 2. The SMILES string of the molecule is c1ccc(C2=NC(c3ccc(-c4ccc(-c5ccccc5)cc4)cc3)N=C(c3ccc(-c4ccccc4)c4oc5ccccc5c34)N2)cc1. The molecule has 1 unspecified atom stereocenters. The van der Waals surface area contributed by atoms with E-state index in [1.54, 1.807) is 0 Å². The Balaban J connectivity index is 1.13. The van der Waals surface area contributed by atoms with E-state index in [0.29, 0.717) is 0 Å². The fourth-order valence-electron chi connectivity index (χ4n) is 6.68. The number of furan rings is 1. The molecule has 7 aromatic carbocycles. The molecule has 1 aliphatic heterocycles. The van der Waals surface area contributed by atoms with Crippen LogP contribution in [0.15, 0.2) is 190 Å². The van der Waals surface area contributed by atoms with Crippen LogP contribution in [0.5, 0.6) is 0 Å². The van der Waals surface area contributed by atoms with Crippen LogP contribution in [-0.4, -0.2) is 11.7 Å². The van der Waals surface area contributed by atoms with E-state index in [1.807, 2.05) is 42.5 Å². The Hall–Kier alpha value is -6.52. The molecule has 0 spiro atoms. The van der Waals surface area contributed by atoms with Crippen molar-refractivity contribution in [2.24, 2.45) is 9.98 Å². The molecule has 1 aromatic heterocycles. The van der Waals surface area contributed by atoms with Crippen molar-refractivity contribution in [3.63, 3.8) is 0 Å². The molecular weight excluding hydrogens is 599 g/mol. The van der Waals surface area contributed by atoms with E-state index in [-0.39, 0.29) is 0 Å². The number of fused-ring (bicyclic) bond motifs is 3. The molecule has 8 aromatic rings. The zero-order chi connectivity index (χ0) is 32.6. The van der Waals surface area contributed by atoms with Gasteiger partial charge in [-0.15, -0.1) is 0 Å². The van der Waals surface area contributed by atoms with E-state index in [0.717, 1.165) is 67.0 Å². The molecule has 1 N–H and O–H groups in total. The van der Waals surface area contributed by atoms with E-state index in [4.69, 9.17) is 14.4 Å². The van der Waals surface area contributed by atoms with E-state index < -0.39 is 6.17 Å². The maximum atomic E-state index is 6.57. The van der Waals surface area contributed by atoms with Gasteiger partial charge in [-0.2, -0.15) is 0 Å². The fraction of sp³-hybridized carbons (Fsp3) is 0.0222. The number of rotatable bonds is 6. The molecule has 9 rings (SSSR count). The molecule has 4 nitrogen and oxygen atoms in total. The van der Waals surface area contributed by atoms with Crippen molar-refractivity contribution < 1.29 is 4.42 Å². The van der Waals surface area contributed by atoms with Gasteiger partial charge in [-0.1, -0.05) is 158 Å². The highest BCUT2D eigenvalue weighted by Crippen LogP contribution is 2.39. The number of para-hydroxylation sites is 1. The summed E-state index contributed by atoms with van der Waals surface area (Å²) in [7, 11) is 0. The van der Waals surface area contributed by atoms with Gasteiger partial charge >= 0.3 is 0 Å². The molecule has 2 heterocycles. The van der Waals surface area contributed by atoms with Gasteiger partial charge in [0.15, 0.2) is 6.17 Å². The number of amidine groups is 2. The highest BCUT2D eigenvalue weighted by molar-refractivity contribution is 6.24. The normalized spacial score (nSPS) is 14.3. The van der Waals surface area contributed by atoms with Crippen LogP contribution >= 0.6 is 0 Å². The van der Waals surface area contributed by atoms with Crippen molar-refractivity contribution in [1.82, 2.24) is 5.32 Å². The third kappa shape index (κ3) is 5.39. The zero-order valence-electron chi connectivity index (χ0n) is 26.6. The van der Waals surface area contributed by atoms with Gasteiger partial charge in [0.25, 0.3) is 0 Å². The highest BCUT2D eigenvalue weighted by Gasteiger charge is 2.25. The van der Waals surface area contributed by atoms with Crippen LogP contribution < -0.4 is 5.32 Å². The fourth-order valence-corrected chi connectivity index (χ4v) is 6.68. The Morgan fingerprint density at radius 1 is 0.408 bits per heavy atom. The summed E-state index contributed by atoms with van der Waals surface area (Å²) in [4.78, 5) is 10.4. The van der Waals surface area contributed by atoms with Crippen molar-refractivity contribution in [3.05, 3.63) is 193 Å². The Labute approximate surface area is 284 Å². The first-order valence-corrected chi connectivity index (χ1v) is 16.5. The lowest BCUT2D eigenvalue weighted by molar-refractivity contribution is 0.670. The van der Waals surface area contributed by atoms with Gasteiger partial charge in [0.2, 0.25) is 0 Å². The predicted octanol–water partition coefficient (Wildman–Crippen LogP) is 11.1. The average molecular weight is 630 g/mol. The lowest BCUT2D eigenvalue weighted by atomic mass is 9.97. The second-order valence-electron chi connectivity index (χ2n) is 12.2.